The van der Waals surface area contributed by atoms with Gasteiger partial charge in [-0.05, 0) is 78.5 Å². The first-order valence-corrected chi connectivity index (χ1v) is 18.0. The van der Waals surface area contributed by atoms with Crippen LogP contribution >= 0.6 is 11.6 Å². The summed E-state index contributed by atoms with van der Waals surface area (Å²) in [7, 11) is 2.17. The van der Waals surface area contributed by atoms with Gasteiger partial charge in [-0.3, -0.25) is 0 Å². The van der Waals surface area contributed by atoms with Crippen LogP contribution in [0.1, 0.15) is 36.0 Å². The van der Waals surface area contributed by atoms with Gasteiger partial charge in [-0.15, -0.1) is 0 Å². The molecule has 276 valence electrons. The highest BCUT2D eigenvalue weighted by Crippen LogP contribution is 2.40. The molecule has 0 radical (unpaired) electrons. The summed E-state index contributed by atoms with van der Waals surface area (Å²) in [5.41, 5.74) is 10.6. The Morgan fingerprint density at radius 2 is 1.35 bits per heavy atom. The van der Waals surface area contributed by atoms with Crippen molar-refractivity contribution in [3.8, 4) is 17.1 Å². The first-order valence-electron chi connectivity index (χ1n) is 17.6. The second-order valence-corrected chi connectivity index (χ2v) is 13.8. The molecule has 0 saturated heterocycles. The Bertz CT molecular complexity index is 2290. The minimum atomic E-state index is -6.00. The zero-order chi connectivity index (χ0) is 38.4. The molecule has 0 N–H and O–H groups in total. The average Bonchev–Trinajstić information content (AvgIpc) is 3.16. The lowest BCUT2D eigenvalue weighted by atomic mass is 9.92. The molecule has 2 aliphatic rings. The van der Waals surface area contributed by atoms with E-state index in [1.54, 1.807) is 0 Å². The lowest BCUT2D eigenvalue weighted by molar-refractivity contribution is 0.368. The van der Waals surface area contributed by atoms with Crippen LogP contribution in [-0.4, -0.2) is 35.4 Å². The largest absolute Gasteiger partial charge is 0.673 e. The van der Waals surface area contributed by atoms with Crippen LogP contribution in [0, 0.1) is 0 Å². The zero-order valence-electron chi connectivity index (χ0n) is 30.5. The fraction of sp³-hybridized carbons (Fsp3) is 0.159. The van der Waals surface area contributed by atoms with Gasteiger partial charge < -0.3 is 31.8 Å². The molecule has 5 aromatic rings. The monoisotopic (exact) mass is 750 g/mol. The molecule has 0 unspecified atom stereocenters. The maximum Gasteiger partial charge on any atom is 0.673 e. The number of hydrogen-bond acceptors (Lipinski definition) is 3. The van der Waals surface area contributed by atoms with E-state index in [0.717, 1.165) is 103 Å². The number of rotatable bonds is 7. The van der Waals surface area contributed by atoms with E-state index in [0.29, 0.717) is 0 Å². The highest BCUT2D eigenvalue weighted by atomic mass is 35.5. The highest BCUT2D eigenvalue weighted by Gasteiger charge is 2.22. The van der Waals surface area contributed by atoms with Crippen molar-refractivity contribution in [2.24, 2.45) is 0 Å². The lowest BCUT2D eigenvalue weighted by Crippen LogP contribution is -2.10. The molecule has 10 heteroatoms. The second kappa shape index (κ2) is 16.6. The Labute approximate surface area is 318 Å². The topological polar surface area (TPSA) is 27.0 Å². The third-order valence-electron chi connectivity index (χ3n) is 9.10. The quantitative estimate of drug-likeness (QED) is 0.0940. The molecule has 0 saturated carbocycles. The fourth-order valence-electron chi connectivity index (χ4n) is 6.31. The second-order valence-electron chi connectivity index (χ2n) is 13.4. The van der Waals surface area contributed by atoms with Crippen LogP contribution in [0.25, 0.3) is 39.7 Å². The highest BCUT2D eigenvalue weighted by molar-refractivity contribution is 6.50. The number of hydrogen-bond donors (Lipinski definition) is 0. The van der Waals surface area contributed by atoms with Gasteiger partial charge in [-0.2, -0.15) is 0 Å². The van der Waals surface area contributed by atoms with Crippen LogP contribution in [0.15, 0.2) is 148 Å². The van der Waals surface area contributed by atoms with E-state index in [9.17, 15) is 17.3 Å². The maximum absolute atomic E-state index is 9.75. The van der Waals surface area contributed by atoms with Crippen molar-refractivity contribution in [1.29, 1.82) is 0 Å². The summed E-state index contributed by atoms with van der Waals surface area (Å²) in [5.74, 6) is 2.51. The first kappa shape index (κ1) is 38.2. The normalized spacial score (nSPS) is 15.8. The van der Waals surface area contributed by atoms with Crippen LogP contribution in [0.2, 0.25) is 0 Å². The molecule has 0 atom stereocenters. The third-order valence-corrected chi connectivity index (χ3v) is 9.58. The van der Waals surface area contributed by atoms with Gasteiger partial charge in [-0.1, -0.05) is 84.4 Å². The van der Waals surface area contributed by atoms with Crippen molar-refractivity contribution in [1.82, 2.24) is 0 Å². The van der Waals surface area contributed by atoms with Gasteiger partial charge in [0.2, 0.25) is 0 Å². The average molecular weight is 751 g/mol. The van der Waals surface area contributed by atoms with Gasteiger partial charge in [0.1, 0.15) is 11.5 Å². The van der Waals surface area contributed by atoms with Crippen molar-refractivity contribution >= 4 is 58.6 Å². The Hall–Kier alpha value is -5.54. The molecule has 7 rings (SSSR count). The summed E-state index contributed by atoms with van der Waals surface area (Å²) in [6.07, 6.45) is 13.8. The molecule has 4 aromatic carbocycles. The van der Waals surface area contributed by atoms with Crippen LogP contribution in [-0.2, 0) is 0 Å². The molecule has 2 heterocycles. The number of fused-ring (bicyclic) bond motifs is 2. The van der Waals surface area contributed by atoms with E-state index in [2.05, 4.69) is 107 Å². The third kappa shape index (κ3) is 9.52. The van der Waals surface area contributed by atoms with Crippen molar-refractivity contribution in [3.05, 3.63) is 160 Å². The van der Waals surface area contributed by atoms with E-state index in [4.69, 9.17) is 20.8 Å². The van der Waals surface area contributed by atoms with Crippen LogP contribution in [0.5, 0.6) is 5.75 Å². The number of halogens is 5. The number of nitrogens with zero attached hydrogens (tertiary/aromatic N) is 2. The molecule has 1 aliphatic heterocycles. The molecular weight excluding hydrogens is 711 g/mol. The summed E-state index contributed by atoms with van der Waals surface area (Å²) in [5, 5.41) is 1.89. The van der Waals surface area contributed by atoms with Crippen LogP contribution in [0.3, 0.4) is 0 Å². The predicted molar refractivity (Wildman–Crippen MR) is 218 cm³/mol. The van der Waals surface area contributed by atoms with Gasteiger partial charge in [0.25, 0.3) is 0 Å². The van der Waals surface area contributed by atoms with E-state index in [1.807, 2.05) is 64.6 Å². The SMILES string of the molecule is CN(C)c1ccc2c(c1)OC(c1ccccc1)=C/C2=C\C=C1/CCCC(/C=C/c2cc(-c3ccccc3)[o+]c3cc(N(C)C)ccc23)=C1Cl.F[B-](F)(F)F. The molecule has 0 spiro atoms. The molecule has 54 heavy (non-hydrogen) atoms. The van der Waals surface area contributed by atoms with E-state index < -0.39 is 7.25 Å². The van der Waals surface area contributed by atoms with Crippen molar-refractivity contribution in [2.75, 3.05) is 38.0 Å². The standard InChI is InChI=1S/C44H40ClN2O2.BF4/c1-46(2)36-22-24-38-34(26-40(48-42(38)28-36)30-12-7-5-8-13-30)20-18-32-16-11-17-33(44(32)45)19-21-35-27-41(31-14-9-6-10-15-31)49-43-29-37(47(3)4)23-25-39(35)43;2-1(3,4)5/h5-10,12-15,18-29H,11,16-17H2,1-4H3;/q+1;-1. The van der Waals surface area contributed by atoms with Gasteiger partial charge in [0.15, 0.2) is 0 Å². The van der Waals surface area contributed by atoms with Crippen LogP contribution in [0.4, 0.5) is 28.6 Å². The molecule has 4 nitrogen and oxygen atoms in total. The number of ether oxygens (including phenoxy) is 1. The van der Waals surface area contributed by atoms with Crippen molar-refractivity contribution in [3.63, 3.8) is 0 Å². The van der Waals surface area contributed by atoms with E-state index in [1.165, 1.54) is 0 Å². The van der Waals surface area contributed by atoms with Gasteiger partial charge in [0, 0.05) is 67.4 Å². The lowest BCUT2D eigenvalue weighted by Gasteiger charge is -2.23. The number of benzene rings is 4. The minimum absolute atomic E-state index is 0.824. The Balaban J connectivity index is 0.000000934. The smallest absolute Gasteiger partial charge is 0.456 e. The van der Waals surface area contributed by atoms with Gasteiger partial charge in [0.05, 0.1) is 23.1 Å². The number of allylic oxidation sites excluding steroid dienone is 8. The summed E-state index contributed by atoms with van der Waals surface area (Å²) in [6, 6.07) is 35.4. The minimum Gasteiger partial charge on any atom is -0.456 e. The van der Waals surface area contributed by atoms with Crippen molar-refractivity contribution in [2.45, 2.75) is 19.3 Å². The fourth-order valence-corrected chi connectivity index (χ4v) is 6.63. The molecular formula is C44H40BClF4N2O2. The Kier molecular flexibility index (Phi) is 11.8. The summed E-state index contributed by atoms with van der Waals surface area (Å²) >= 11 is 7.18. The summed E-state index contributed by atoms with van der Waals surface area (Å²) in [4.78, 5) is 4.18. The zero-order valence-corrected chi connectivity index (χ0v) is 31.3. The number of anilines is 2. The summed E-state index contributed by atoms with van der Waals surface area (Å²) in [6.45, 7) is 0. The molecule has 0 amide bonds. The molecule has 0 bridgehead atoms. The predicted octanol–water partition coefficient (Wildman–Crippen LogP) is 12.9. The van der Waals surface area contributed by atoms with Gasteiger partial charge >= 0.3 is 18.6 Å². The van der Waals surface area contributed by atoms with Crippen LogP contribution < -0.4 is 14.5 Å². The first-order chi connectivity index (χ1) is 25.8. The molecule has 1 aromatic heterocycles. The Morgan fingerprint density at radius 1 is 0.722 bits per heavy atom. The van der Waals surface area contributed by atoms with Crippen molar-refractivity contribution < 1.29 is 26.4 Å². The van der Waals surface area contributed by atoms with E-state index >= 15 is 0 Å². The van der Waals surface area contributed by atoms with E-state index in [-0.39, 0.29) is 0 Å². The summed E-state index contributed by atoms with van der Waals surface area (Å²) < 4.78 is 51.9. The molecule has 1 aliphatic carbocycles. The van der Waals surface area contributed by atoms with Gasteiger partial charge in [-0.25, -0.2) is 4.42 Å². The Morgan fingerprint density at radius 3 is 2.02 bits per heavy atom. The molecule has 0 fully saturated rings. The maximum atomic E-state index is 9.75.